The molecule has 1 saturated heterocycles. The second-order valence-electron chi connectivity index (χ2n) is 9.10. The number of hydrogen-bond acceptors (Lipinski definition) is 6. The van der Waals surface area contributed by atoms with E-state index in [0.29, 0.717) is 13.1 Å². The molecule has 1 fully saturated rings. The fourth-order valence-electron chi connectivity index (χ4n) is 4.36. The minimum atomic E-state index is -5.04. The summed E-state index contributed by atoms with van der Waals surface area (Å²) in [5, 5.41) is 5.47. The Bertz CT molecular complexity index is 1340. The minimum Gasteiger partial charge on any atom is -0.405 e. The molecule has 0 radical (unpaired) electrons. The van der Waals surface area contributed by atoms with Crippen LogP contribution in [0, 0.1) is 0 Å². The van der Waals surface area contributed by atoms with Gasteiger partial charge in [0, 0.05) is 53.8 Å². The van der Waals surface area contributed by atoms with Crippen molar-refractivity contribution in [3.63, 3.8) is 0 Å². The first-order chi connectivity index (χ1) is 18.2. The Kier molecular flexibility index (Phi) is 10.1. The van der Waals surface area contributed by atoms with E-state index in [0.717, 1.165) is 18.9 Å². The van der Waals surface area contributed by atoms with Gasteiger partial charge in [0.05, 0.1) is 10.6 Å². The molecular formula is C25H28Cl2F3N3O5S. The fraction of sp³-hybridized carbons (Fsp3) is 0.440. The van der Waals surface area contributed by atoms with Crippen LogP contribution in [0.25, 0.3) is 0 Å². The highest BCUT2D eigenvalue weighted by molar-refractivity contribution is 7.91. The highest BCUT2D eigenvalue weighted by Crippen LogP contribution is 2.34. The number of ether oxygens (including phenoxy) is 1. The van der Waals surface area contributed by atoms with Crippen LogP contribution in [0.1, 0.15) is 48.2 Å². The van der Waals surface area contributed by atoms with Crippen LogP contribution >= 0.6 is 23.2 Å². The van der Waals surface area contributed by atoms with Gasteiger partial charge in [-0.05, 0) is 55.3 Å². The lowest BCUT2D eigenvalue weighted by molar-refractivity contribution is -0.275. The van der Waals surface area contributed by atoms with Crippen LogP contribution < -0.4 is 15.4 Å². The van der Waals surface area contributed by atoms with Crippen LogP contribution in [0.2, 0.25) is 10.0 Å². The molecule has 2 N–H and O–H groups in total. The van der Waals surface area contributed by atoms with E-state index < -0.39 is 27.9 Å². The maximum Gasteiger partial charge on any atom is 0.573 e. The number of carbonyl (C=O) groups is 2. The van der Waals surface area contributed by atoms with Gasteiger partial charge in [0.15, 0.2) is 9.84 Å². The molecule has 3 rings (SSSR count). The molecule has 2 amide bonds. The Morgan fingerprint density at radius 3 is 2.54 bits per heavy atom. The van der Waals surface area contributed by atoms with E-state index >= 15 is 0 Å². The van der Waals surface area contributed by atoms with Crippen molar-refractivity contribution in [3.05, 3.63) is 57.1 Å². The zero-order chi connectivity index (χ0) is 29.0. The van der Waals surface area contributed by atoms with Crippen molar-refractivity contribution in [1.82, 2.24) is 15.5 Å². The van der Waals surface area contributed by atoms with Gasteiger partial charge in [-0.2, -0.15) is 0 Å². The van der Waals surface area contributed by atoms with Gasteiger partial charge in [0.1, 0.15) is 5.75 Å². The third-order valence-electron chi connectivity index (χ3n) is 6.11. The van der Waals surface area contributed by atoms with Crippen molar-refractivity contribution in [2.45, 2.75) is 57.1 Å². The number of piperidine rings is 1. The maximum absolute atomic E-state index is 13.3. The number of carbonyl (C=O) groups excluding carboxylic acids is 2. The second kappa shape index (κ2) is 12.8. The van der Waals surface area contributed by atoms with Crippen LogP contribution in [-0.4, -0.2) is 56.4 Å². The molecule has 1 aliphatic rings. The molecule has 1 heterocycles. The summed E-state index contributed by atoms with van der Waals surface area (Å²) < 4.78 is 68.9. The molecule has 0 unspecified atom stereocenters. The summed E-state index contributed by atoms with van der Waals surface area (Å²) in [6, 6.07) is 6.16. The lowest BCUT2D eigenvalue weighted by Gasteiger charge is -2.33. The van der Waals surface area contributed by atoms with E-state index in [2.05, 4.69) is 15.4 Å². The Morgan fingerprint density at radius 1 is 1.18 bits per heavy atom. The summed E-state index contributed by atoms with van der Waals surface area (Å²) in [7, 11) is -3.63. The number of hydrogen-bond donors (Lipinski definition) is 2. The second-order valence-corrected chi connectivity index (χ2v) is 12.2. The Labute approximate surface area is 234 Å². The molecule has 0 spiro atoms. The molecule has 214 valence electrons. The van der Waals surface area contributed by atoms with E-state index in [-0.39, 0.29) is 62.4 Å². The van der Waals surface area contributed by atoms with E-state index in [1.807, 2.05) is 4.90 Å². The Hall–Kier alpha value is -2.54. The van der Waals surface area contributed by atoms with Crippen LogP contribution in [0.3, 0.4) is 0 Å². The predicted molar refractivity (Wildman–Crippen MR) is 141 cm³/mol. The number of sulfone groups is 1. The predicted octanol–water partition coefficient (Wildman–Crippen LogP) is 4.72. The number of likely N-dealkylation sites (tertiary alicyclic amines) is 1. The van der Waals surface area contributed by atoms with E-state index in [4.69, 9.17) is 23.2 Å². The largest absolute Gasteiger partial charge is 0.573 e. The van der Waals surface area contributed by atoms with Gasteiger partial charge in [0.25, 0.3) is 5.91 Å². The quantitative estimate of drug-likeness (QED) is 0.426. The minimum absolute atomic E-state index is 0.00296. The summed E-state index contributed by atoms with van der Waals surface area (Å²) in [5.41, 5.74) is 0.0610. The summed E-state index contributed by atoms with van der Waals surface area (Å²) in [6.07, 6.45) is -3.58. The topological polar surface area (TPSA) is 105 Å². The Balaban J connectivity index is 1.85. The molecule has 0 aliphatic carbocycles. The van der Waals surface area contributed by atoms with Crippen molar-refractivity contribution < 1.29 is 35.9 Å². The van der Waals surface area contributed by atoms with E-state index in [1.165, 1.54) is 38.1 Å². The molecule has 0 saturated carbocycles. The van der Waals surface area contributed by atoms with E-state index in [1.54, 1.807) is 0 Å². The zero-order valence-electron chi connectivity index (χ0n) is 21.2. The highest BCUT2D eigenvalue weighted by Gasteiger charge is 2.34. The fourth-order valence-corrected chi connectivity index (χ4v) is 5.94. The first-order valence-electron chi connectivity index (χ1n) is 12.1. The van der Waals surface area contributed by atoms with Crippen LogP contribution in [0.4, 0.5) is 13.2 Å². The number of amides is 2. The van der Waals surface area contributed by atoms with Gasteiger partial charge in [-0.15, -0.1) is 13.2 Å². The molecule has 0 aromatic heterocycles. The lowest BCUT2D eigenvalue weighted by atomic mass is 10.0. The molecule has 1 atom stereocenters. The summed E-state index contributed by atoms with van der Waals surface area (Å²) >= 11 is 12.4. The molecule has 2 aromatic rings. The summed E-state index contributed by atoms with van der Waals surface area (Å²) in [4.78, 5) is 26.2. The number of alkyl halides is 3. The molecule has 14 heteroatoms. The molecule has 39 heavy (non-hydrogen) atoms. The first-order valence-corrected chi connectivity index (χ1v) is 14.5. The van der Waals surface area contributed by atoms with Crippen LogP contribution in [0.15, 0.2) is 35.2 Å². The van der Waals surface area contributed by atoms with Gasteiger partial charge in [-0.1, -0.05) is 30.1 Å². The number of rotatable bonds is 9. The first kappa shape index (κ1) is 31.0. The van der Waals surface area contributed by atoms with Gasteiger partial charge in [0.2, 0.25) is 5.91 Å². The third-order valence-corrected chi connectivity index (χ3v) is 8.51. The summed E-state index contributed by atoms with van der Waals surface area (Å²) in [6.45, 7) is 3.60. The molecule has 0 bridgehead atoms. The van der Waals surface area contributed by atoms with Crippen molar-refractivity contribution >= 4 is 44.9 Å². The molecule has 8 nitrogen and oxygen atoms in total. The lowest BCUT2D eigenvalue weighted by Crippen LogP contribution is -2.46. The maximum atomic E-state index is 13.3. The standard InChI is InChI=1S/C25H28Cl2F3N3O5S/c1-3-39(36,37)23-7-6-18(26)9-17(23)12-31-24(35)16-10-21(27)20(22(11-16)38-25(28,29)30)14-33-8-4-5-19(13-33)32-15(2)34/h6-7,9-11,19H,3-5,8,12-14H2,1-2H3,(H,31,35)(H,32,34)/t19-/m0/s1. The number of nitrogens with one attached hydrogen (secondary N) is 2. The monoisotopic (exact) mass is 609 g/mol. The van der Waals surface area contributed by atoms with Gasteiger partial charge >= 0.3 is 6.36 Å². The normalized spacial score (nSPS) is 16.5. The average molecular weight is 610 g/mol. The number of nitrogens with zero attached hydrogens (tertiary/aromatic N) is 1. The molecule has 1 aliphatic heterocycles. The average Bonchev–Trinajstić information content (AvgIpc) is 2.83. The van der Waals surface area contributed by atoms with Gasteiger partial charge in [-0.3, -0.25) is 14.5 Å². The number of halogens is 5. The smallest absolute Gasteiger partial charge is 0.405 e. The van der Waals surface area contributed by atoms with Crippen molar-refractivity contribution in [3.8, 4) is 5.75 Å². The van der Waals surface area contributed by atoms with E-state index in [9.17, 15) is 31.2 Å². The Morgan fingerprint density at radius 2 is 1.90 bits per heavy atom. The van der Waals surface area contributed by atoms with Crippen molar-refractivity contribution in [2.24, 2.45) is 0 Å². The van der Waals surface area contributed by atoms with Gasteiger partial charge in [-0.25, -0.2) is 8.42 Å². The SMILES string of the molecule is CCS(=O)(=O)c1ccc(Cl)cc1CNC(=O)c1cc(Cl)c(CN2CCC[C@H](NC(C)=O)C2)c(OC(F)(F)F)c1. The molecule has 2 aromatic carbocycles. The van der Waals surface area contributed by atoms with Crippen LogP contribution in [0.5, 0.6) is 5.75 Å². The van der Waals surface area contributed by atoms with Crippen molar-refractivity contribution in [2.75, 3.05) is 18.8 Å². The zero-order valence-corrected chi connectivity index (χ0v) is 23.5. The van der Waals surface area contributed by atoms with Crippen molar-refractivity contribution in [1.29, 1.82) is 0 Å². The van der Waals surface area contributed by atoms with Gasteiger partial charge < -0.3 is 15.4 Å². The third kappa shape index (κ3) is 8.72. The molecular weight excluding hydrogens is 582 g/mol. The highest BCUT2D eigenvalue weighted by atomic mass is 35.5. The summed E-state index contributed by atoms with van der Waals surface area (Å²) in [5.74, 6) is -1.79. The van der Waals surface area contributed by atoms with Crippen LogP contribution in [-0.2, 0) is 27.7 Å². The number of benzene rings is 2.